The maximum Gasteiger partial charge on any atom is 0.338 e. The van der Waals surface area contributed by atoms with E-state index in [2.05, 4.69) is 5.32 Å². The molecule has 1 N–H and O–H groups in total. The Morgan fingerprint density at radius 3 is 2.38 bits per heavy atom. The van der Waals surface area contributed by atoms with Crippen LogP contribution in [0, 0.1) is 0 Å². The molecular weight excluding hydrogens is 408 g/mol. The summed E-state index contributed by atoms with van der Waals surface area (Å²) in [6.07, 6.45) is -1.01. The van der Waals surface area contributed by atoms with Crippen molar-refractivity contribution in [1.82, 2.24) is 0 Å². The number of hydrogen-bond acceptors (Lipinski definition) is 6. The van der Waals surface area contributed by atoms with Gasteiger partial charge in [0, 0.05) is 36.6 Å². The highest BCUT2D eigenvalue weighted by Gasteiger charge is 2.21. The number of furan rings is 1. The first-order valence-corrected chi connectivity index (χ1v) is 10.2. The Balaban J connectivity index is 1.51. The molecule has 7 heteroatoms. The largest absolute Gasteiger partial charge is 0.495 e. The van der Waals surface area contributed by atoms with Gasteiger partial charge in [-0.3, -0.25) is 4.79 Å². The highest BCUT2D eigenvalue weighted by Crippen LogP contribution is 2.36. The van der Waals surface area contributed by atoms with Crippen molar-refractivity contribution in [2.75, 3.05) is 31.4 Å². The number of rotatable bonds is 6. The number of hydrogen-bond donors (Lipinski definition) is 1. The van der Waals surface area contributed by atoms with Gasteiger partial charge < -0.3 is 24.1 Å². The number of anilines is 2. The van der Waals surface area contributed by atoms with Gasteiger partial charge in [0.25, 0.3) is 5.91 Å². The first-order chi connectivity index (χ1) is 15.4. The van der Waals surface area contributed by atoms with Crippen molar-refractivity contribution in [1.29, 1.82) is 0 Å². The molecule has 0 aliphatic carbocycles. The lowest BCUT2D eigenvalue weighted by atomic mass is 10.1. The number of esters is 1. The summed E-state index contributed by atoms with van der Waals surface area (Å²) in [5.74, 6) is -0.565. The van der Waals surface area contributed by atoms with E-state index in [0.29, 0.717) is 22.6 Å². The lowest BCUT2D eigenvalue weighted by Gasteiger charge is -2.16. The summed E-state index contributed by atoms with van der Waals surface area (Å²) in [4.78, 5) is 27.1. The third kappa shape index (κ3) is 4.09. The monoisotopic (exact) mass is 432 g/mol. The summed E-state index contributed by atoms with van der Waals surface area (Å²) in [5, 5.41) is 4.62. The zero-order chi connectivity index (χ0) is 22.8. The maximum absolute atomic E-state index is 12.7. The van der Waals surface area contributed by atoms with E-state index in [1.807, 2.05) is 61.5 Å². The minimum Gasteiger partial charge on any atom is -0.495 e. The number of ether oxygens (including phenoxy) is 2. The fourth-order valence-electron chi connectivity index (χ4n) is 3.43. The number of carbonyl (C=O) groups excluding carboxylic acids is 2. The Morgan fingerprint density at radius 1 is 0.969 bits per heavy atom. The van der Waals surface area contributed by atoms with Crippen molar-refractivity contribution < 1.29 is 23.5 Å². The van der Waals surface area contributed by atoms with Gasteiger partial charge in [-0.25, -0.2) is 4.79 Å². The zero-order valence-electron chi connectivity index (χ0n) is 18.3. The number of nitrogens with one attached hydrogen (secondary N) is 1. The van der Waals surface area contributed by atoms with Gasteiger partial charge in [0.2, 0.25) is 0 Å². The van der Waals surface area contributed by atoms with E-state index in [9.17, 15) is 9.59 Å². The Hall–Kier alpha value is -4.00. The van der Waals surface area contributed by atoms with Gasteiger partial charge in [0.05, 0.1) is 18.4 Å². The molecule has 4 aromatic rings. The van der Waals surface area contributed by atoms with Crippen LogP contribution in [0.5, 0.6) is 5.75 Å². The fourth-order valence-corrected chi connectivity index (χ4v) is 3.43. The molecule has 0 aliphatic heterocycles. The molecule has 0 aliphatic rings. The average molecular weight is 432 g/mol. The molecule has 1 aromatic heterocycles. The molecule has 164 valence electrons. The Kier molecular flexibility index (Phi) is 5.73. The number of fused-ring (bicyclic) bond motifs is 3. The van der Waals surface area contributed by atoms with Crippen molar-refractivity contribution in [2.24, 2.45) is 0 Å². The van der Waals surface area contributed by atoms with Crippen molar-refractivity contribution in [3.8, 4) is 5.75 Å². The minimum absolute atomic E-state index is 0.372. The topological polar surface area (TPSA) is 81.0 Å². The zero-order valence-corrected chi connectivity index (χ0v) is 18.3. The molecule has 0 fully saturated rings. The number of methoxy groups -OCH3 is 1. The molecule has 1 heterocycles. The molecule has 32 heavy (non-hydrogen) atoms. The summed E-state index contributed by atoms with van der Waals surface area (Å²) in [7, 11) is 5.35. The third-order valence-electron chi connectivity index (χ3n) is 5.23. The summed E-state index contributed by atoms with van der Waals surface area (Å²) in [6, 6.07) is 18.2. The Labute approximate surface area is 185 Å². The van der Waals surface area contributed by atoms with Gasteiger partial charge in [0.15, 0.2) is 6.10 Å². The van der Waals surface area contributed by atoms with Crippen molar-refractivity contribution in [3.05, 3.63) is 66.2 Å². The van der Waals surface area contributed by atoms with Crippen LogP contribution in [0.1, 0.15) is 17.3 Å². The Bertz CT molecular complexity index is 1290. The molecule has 1 amide bonds. The quantitative estimate of drug-likeness (QED) is 0.439. The van der Waals surface area contributed by atoms with E-state index < -0.39 is 18.0 Å². The smallest absolute Gasteiger partial charge is 0.338 e. The summed E-state index contributed by atoms with van der Waals surface area (Å²) in [5.41, 5.74) is 3.13. The highest BCUT2D eigenvalue weighted by molar-refractivity contribution is 6.08. The molecule has 4 rings (SSSR count). The maximum atomic E-state index is 12.7. The van der Waals surface area contributed by atoms with E-state index in [4.69, 9.17) is 13.9 Å². The molecular formula is C25H24N2O5. The normalized spacial score (nSPS) is 11.9. The van der Waals surface area contributed by atoms with Crippen LogP contribution in [0.2, 0.25) is 0 Å². The molecule has 0 radical (unpaired) electrons. The molecule has 0 saturated carbocycles. The lowest BCUT2D eigenvalue weighted by molar-refractivity contribution is -0.123. The van der Waals surface area contributed by atoms with Crippen LogP contribution in [-0.4, -0.2) is 39.2 Å². The molecule has 0 saturated heterocycles. The number of benzene rings is 3. The molecule has 1 atom stereocenters. The van der Waals surface area contributed by atoms with Crippen LogP contribution in [-0.2, 0) is 9.53 Å². The number of carbonyl (C=O) groups is 2. The van der Waals surface area contributed by atoms with Crippen LogP contribution in [0.4, 0.5) is 11.4 Å². The molecule has 7 nitrogen and oxygen atoms in total. The van der Waals surface area contributed by atoms with Crippen molar-refractivity contribution >= 4 is 45.2 Å². The van der Waals surface area contributed by atoms with Crippen LogP contribution in [0.25, 0.3) is 21.9 Å². The Morgan fingerprint density at radius 2 is 1.69 bits per heavy atom. The second-order valence-corrected chi connectivity index (χ2v) is 7.62. The van der Waals surface area contributed by atoms with Gasteiger partial charge in [-0.2, -0.15) is 0 Å². The fraction of sp³-hybridized carbons (Fsp3) is 0.200. The van der Waals surface area contributed by atoms with E-state index in [1.54, 1.807) is 18.2 Å². The van der Waals surface area contributed by atoms with E-state index in [0.717, 1.165) is 22.0 Å². The summed E-state index contributed by atoms with van der Waals surface area (Å²) >= 11 is 0. The van der Waals surface area contributed by atoms with E-state index in [-0.39, 0.29) is 0 Å². The van der Waals surface area contributed by atoms with E-state index in [1.165, 1.54) is 14.0 Å². The van der Waals surface area contributed by atoms with Crippen molar-refractivity contribution in [2.45, 2.75) is 13.0 Å². The second kappa shape index (κ2) is 8.63. The van der Waals surface area contributed by atoms with E-state index >= 15 is 0 Å². The number of para-hydroxylation sites is 1. The summed E-state index contributed by atoms with van der Waals surface area (Å²) < 4.78 is 16.7. The van der Waals surface area contributed by atoms with Gasteiger partial charge in [-0.15, -0.1) is 0 Å². The summed E-state index contributed by atoms with van der Waals surface area (Å²) in [6.45, 7) is 1.52. The SMILES string of the molecule is COc1cc2c(cc1NC(=O)[C@H](C)OC(=O)c1ccc(N(C)C)cc1)oc1ccccc12. The van der Waals surface area contributed by atoms with Gasteiger partial charge in [-0.1, -0.05) is 18.2 Å². The van der Waals surface area contributed by atoms with Gasteiger partial charge in [0.1, 0.15) is 16.9 Å². The minimum atomic E-state index is -1.01. The van der Waals surface area contributed by atoms with Crippen LogP contribution < -0.4 is 15.0 Å². The average Bonchev–Trinajstić information content (AvgIpc) is 3.15. The number of amides is 1. The molecule has 3 aromatic carbocycles. The standard InChI is InChI=1S/C25H24N2O5/c1-15(31-25(29)16-9-11-17(12-10-16)27(2)3)24(28)26-20-14-22-19(13-23(20)30-4)18-7-5-6-8-21(18)32-22/h5-15H,1-4H3,(H,26,28)/t15-/m0/s1. The molecule has 0 spiro atoms. The van der Waals surface area contributed by atoms with Crippen LogP contribution in [0.3, 0.4) is 0 Å². The highest BCUT2D eigenvalue weighted by atomic mass is 16.5. The third-order valence-corrected chi connectivity index (χ3v) is 5.23. The van der Waals surface area contributed by atoms with Crippen LogP contribution in [0.15, 0.2) is 65.1 Å². The molecule has 0 bridgehead atoms. The molecule has 0 unspecified atom stereocenters. The first-order valence-electron chi connectivity index (χ1n) is 10.2. The van der Waals surface area contributed by atoms with Crippen molar-refractivity contribution in [3.63, 3.8) is 0 Å². The lowest BCUT2D eigenvalue weighted by Crippen LogP contribution is -2.30. The second-order valence-electron chi connectivity index (χ2n) is 7.62. The first kappa shape index (κ1) is 21.2. The van der Waals surface area contributed by atoms with Crippen LogP contribution >= 0.6 is 0 Å². The van der Waals surface area contributed by atoms with Gasteiger partial charge >= 0.3 is 5.97 Å². The number of nitrogens with zero attached hydrogens (tertiary/aromatic N) is 1. The predicted molar refractivity (Wildman–Crippen MR) is 125 cm³/mol. The predicted octanol–water partition coefficient (Wildman–Crippen LogP) is 4.84. The van der Waals surface area contributed by atoms with Gasteiger partial charge in [-0.05, 0) is 43.3 Å².